The van der Waals surface area contributed by atoms with Gasteiger partial charge in [0, 0.05) is 18.7 Å². The number of rotatable bonds is 6. The lowest BCUT2D eigenvalue weighted by molar-refractivity contribution is -0.120. The molecule has 1 aromatic rings. The van der Waals surface area contributed by atoms with E-state index in [-0.39, 0.29) is 24.6 Å². The Bertz CT molecular complexity index is 480. The van der Waals surface area contributed by atoms with Crippen molar-refractivity contribution in [1.82, 2.24) is 10.6 Å². The molecule has 19 heavy (non-hydrogen) atoms. The molecule has 0 heterocycles. The van der Waals surface area contributed by atoms with Crippen molar-refractivity contribution >= 4 is 5.91 Å². The van der Waals surface area contributed by atoms with Crippen molar-refractivity contribution in [2.24, 2.45) is 5.92 Å². The van der Waals surface area contributed by atoms with Gasteiger partial charge in [0.15, 0.2) is 0 Å². The molecule has 0 aliphatic carbocycles. The fourth-order valence-corrected chi connectivity index (χ4v) is 1.45. The Hall–Kier alpha value is -1.93. The summed E-state index contributed by atoms with van der Waals surface area (Å²) in [6.45, 7) is 5.06. The van der Waals surface area contributed by atoms with Crippen LogP contribution in [0.25, 0.3) is 0 Å². The van der Waals surface area contributed by atoms with Crippen LogP contribution in [0.1, 0.15) is 25.0 Å². The predicted molar refractivity (Wildman–Crippen MR) is 70.7 cm³/mol. The molecule has 1 aromatic carbocycles. The molecule has 1 rings (SSSR count). The predicted octanol–water partition coefficient (Wildman–Crippen LogP) is 1.56. The summed E-state index contributed by atoms with van der Waals surface area (Å²) in [5.74, 6) is -0.142. The van der Waals surface area contributed by atoms with E-state index < -0.39 is 5.82 Å². The second kappa shape index (κ2) is 7.49. The third-order valence-corrected chi connectivity index (χ3v) is 2.49. The molecule has 0 unspecified atom stereocenters. The van der Waals surface area contributed by atoms with Gasteiger partial charge in [0.1, 0.15) is 5.82 Å². The number of carbonyl (C=O) groups is 1. The minimum absolute atomic E-state index is 0.109. The fourth-order valence-electron chi connectivity index (χ4n) is 1.45. The molecule has 0 saturated carbocycles. The molecule has 0 aromatic heterocycles. The summed E-state index contributed by atoms with van der Waals surface area (Å²) in [4.78, 5) is 11.4. The average molecular weight is 263 g/mol. The van der Waals surface area contributed by atoms with E-state index in [1.807, 2.05) is 19.9 Å². The monoisotopic (exact) mass is 263 g/mol. The summed E-state index contributed by atoms with van der Waals surface area (Å²) in [5.41, 5.74) is 0.728. The van der Waals surface area contributed by atoms with Gasteiger partial charge in [-0.1, -0.05) is 19.9 Å². The minimum Gasteiger partial charge on any atom is -0.355 e. The molecule has 0 saturated heterocycles. The van der Waals surface area contributed by atoms with Gasteiger partial charge in [-0.05, 0) is 18.1 Å². The van der Waals surface area contributed by atoms with Crippen molar-refractivity contribution in [1.29, 1.82) is 5.26 Å². The molecule has 102 valence electrons. The van der Waals surface area contributed by atoms with Gasteiger partial charge in [0.2, 0.25) is 5.91 Å². The number of amides is 1. The Balaban J connectivity index is 2.37. The van der Waals surface area contributed by atoms with Crippen LogP contribution >= 0.6 is 0 Å². The van der Waals surface area contributed by atoms with E-state index in [0.29, 0.717) is 18.0 Å². The third-order valence-electron chi connectivity index (χ3n) is 2.49. The molecular formula is C14H18FN3O. The zero-order chi connectivity index (χ0) is 14.3. The summed E-state index contributed by atoms with van der Waals surface area (Å²) in [6.07, 6.45) is 0. The lowest BCUT2D eigenvalue weighted by Crippen LogP contribution is -2.35. The molecule has 0 spiro atoms. The summed E-state index contributed by atoms with van der Waals surface area (Å²) >= 11 is 0. The summed E-state index contributed by atoms with van der Waals surface area (Å²) in [5, 5.41) is 14.3. The quantitative estimate of drug-likeness (QED) is 0.818. The van der Waals surface area contributed by atoms with Crippen molar-refractivity contribution in [3.63, 3.8) is 0 Å². The van der Waals surface area contributed by atoms with Crippen LogP contribution in [-0.4, -0.2) is 19.0 Å². The number of carbonyl (C=O) groups excluding carboxylic acids is 1. The first-order chi connectivity index (χ1) is 9.02. The molecule has 0 bridgehead atoms. The third kappa shape index (κ3) is 5.49. The maximum absolute atomic E-state index is 13.5. The van der Waals surface area contributed by atoms with Gasteiger partial charge < -0.3 is 10.6 Å². The normalized spacial score (nSPS) is 10.3. The second-order valence-electron chi connectivity index (χ2n) is 4.72. The Morgan fingerprint density at radius 2 is 2.21 bits per heavy atom. The molecule has 5 heteroatoms. The summed E-state index contributed by atoms with van der Waals surface area (Å²) < 4.78 is 13.5. The molecule has 0 aliphatic heterocycles. The van der Waals surface area contributed by atoms with Gasteiger partial charge in [-0.15, -0.1) is 0 Å². The number of hydrogen-bond acceptors (Lipinski definition) is 3. The first-order valence-electron chi connectivity index (χ1n) is 6.19. The molecular weight excluding hydrogens is 245 g/mol. The maximum atomic E-state index is 13.5. The maximum Gasteiger partial charge on any atom is 0.233 e. The van der Waals surface area contributed by atoms with E-state index in [1.54, 1.807) is 12.1 Å². The highest BCUT2D eigenvalue weighted by atomic mass is 19.1. The number of nitrogens with one attached hydrogen (secondary N) is 2. The summed E-state index contributed by atoms with van der Waals surface area (Å²) in [7, 11) is 0. The smallest absolute Gasteiger partial charge is 0.233 e. The fraction of sp³-hybridized carbons (Fsp3) is 0.429. The number of hydrogen-bond donors (Lipinski definition) is 2. The molecule has 4 nitrogen and oxygen atoms in total. The second-order valence-corrected chi connectivity index (χ2v) is 4.72. The van der Waals surface area contributed by atoms with E-state index in [0.717, 1.165) is 0 Å². The van der Waals surface area contributed by atoms with E-state index in [1.165, 1.54) is 6.07 Å². The van der Waals surface area contributed by atoms with E-state index in [9.17, 15) is 9.18 Å². The zero-order valence-electron chi connectivity index (χ0n) is 11.2. The van der Waals surface area contributed by atoms with Gasteiger partial charge in [0.05, 0.1) is 18.2 Å². The first kappa shape index (κ1) is 15.1. The standard InChI is InChI=1S/C14H18FN3O/c1-10(2)7-18-14(19)9-17-8-12-4-3-11(6-16)5-13(12)15/h3-5,10,17H,7-9H2,1-2H3,(H,18,19). The number of nitriles is 1. The van der Waals surface area contributed by atoms with Crippen LogP contribution in [-0.2, 0) is 11.3 Å². The lowest BCUT2D eigenvalue weighted by atomic mass is 10.1. The van der Waals surface area contributed by atoms with Crippen LogP contribution in [0, 0.1) is 23.1 Å². The van der Waals surface area contributed by atoms with Crippen molar-refractivity contribution in [2.75, 3.05) is 13.1 Å². The SMILES string of the molecule is CC(C)CNC(=O)CNCc1ccc(C#N)cc1F. The molecule has 0 aliphatic rings. The van der Waals surface area contributed by atoms with Crippen LogP contribution in [0.3, 0.4) is 0 Å². The Morgan fingerprint density at radius 1 is 1.47 bits per heavy atom. The van der Waals surface area contributed by atoms with Crippen LogP contribution in [0.5, 0.6) is 0 Å². The first-order valence-corrected chi connectivity index (χ1v) is 6.19. The highest BCUT2D eigenvalue weighted by Crippen LogP contribution is 2.09. The number of benzene rings is 1. The van der Waals surface area contributed by atoms with Crippen molar-refractivity contribution < 1.29 is 9.18 Å². The van der Waals surface area contributed by atoms with Gasteiger partial charge in [-0.25, -0.2) is 4.39 Å². The zero-order valence-corrected chi connectivity index (χ0v) is 11.2. The van der Waals surface area contributed by atoms with Gasteiger partial charge in [-0.2, -0.15) is 5.26 Å². The Kier molecular flexibility index (Phi) is 5.97. The number of halogens is 1. The van der Waals surface area contributed by atoms with Crippen molar-refractivity contribution in [3.05, 3.63) is 35.1 Å². The highest BCUT2D eigenvalue weighted by Gasteiger charge is 2.05. The molecule has 0 atom stereocenters. The molecule has 2 N–H and O–H groups in total. The van der Waals surface area contributed by atoms with Crippen molar-refractivity contribution in [2.45, 2.75) is 20.4 Å². The average Bonchev–Trinajstić information content (AvgIpc) is 2.38. The van der Waals surface area contributed by atoms with Crippen LogP contribution in [0.2, 0.25) is 0 Å². The van der Waals surface area contributed by atoms with Crippen molar-refractivity contribution in [3.8, 4) is 6.07 Å². The topological polar surface area (TPSA) is 64.9 Å². The van der Waals surface area contributed by atoms with Gasteiger partial charge in [0.25, 0.3) is 0 Å². The molecule has 0 fully saturated rings. The minimum atomic E-state index is -0.436. The Labute approximate surface area is 112 Å². The number of nitrogens with zero attached hydrogens (tertiary/aromatic N) is 1. The van der Waals surface area contributed by atoms with E-state index >= 15 is 0 Å². The van der Waals surface area contributed by atoms with Crippen LogP contribution in [0.4, 0.5) is 4.39 Å². The van der Waals surface area contributed by atoms with Gasteiger partial charge >= 0.3 is 0 Å². The van der Waals surface area contributed by atoms with E-state index in [2.05, 4.69) is 10.6 Å². The molecule has 0 radical (unpaired) electrons. The van der Waals surface area contributed by atoms with Crippen LogP contribution < -0.4 is 10.6 Å². The molecule has 1 amide bonds. The Morgan fingerprint density at radius 3 is 2.79 bits per heavy atom. The van der Waals surface area contributed by atoms with Gasteiger partial charge in [-0.3, -0.25) is 4.79 Å². The van der Waals surface area contributed by atoms with Crippen LogP contribution in [0.15, 0.2) is 18.2 Å². The van der Waals surface area contributed by atoms with E-state index in [4.69, 9.17) is 5.26 Å². The highest BCUT2D eigenvalue weighted by molar-refractivity contribution is 5.77. The lowest BCUT2D eigenvalue weighted by Gasteiger charge is -2.09. The summed E-state index contributed by atoms with van der Waals surface area (Å²) in [6, 6.07) is 6.17. The largest absolute Gasteiger partial charge is 0.355 e.